The highest BCUT2D eigenvalue weighted by Gasteiger charge is 2.22. The molecule has 1 amide bonds. The van der Waals surface area contributed by atoms with E-state index in [0.29, 0.717) is 23.0 Å². The predicted molar refractivity (Wildman–Crippen MR) is 115 cm³/mol. The van der Waals surface area contributed by atoms with Gasteiger partial charge in [0, 0.05) is 42.5 Å². The lowest BCUT2D eigenvalue weighted by Crippen LogP contribution is -2.35. The summed E-state index contributed by atoms with van der Waals surface area (Å²) in [7, 11) is 1.66. The van der Waals surface area contributed by atoms with Gasteiger partial charge in [0.25, 0.3) is 5.91 Å². The minimum Gasteiger partial charge on any atom is -0.497 e. The zero-order valence-electron chi connectivity index (χ0n) is 16.3. The van der Waals surface area contributed by atoms with Crippen molar-refractivity contribution in [2.45, 2.75) is 6.42 Å². The fourth-order valence-corrected chi connectivity index (χ4v) is 3.76. The molecule has 2 heterocycles. The van der Waals surface area contributed by atoms with Gasteiger partial charge < -0.3 is 14.5 Å². The minimum absolute atomic E-state index is 0.0256. The standard InChI is InChI=1S/C22H23ClN4O2/c1-29-19-8-6-18(7-9-19)26-10-3-11-27(13-12-26)22(28)21-15-20(24-25-21)16-4-2-5-17(23)14-16/h2,4-9,14-15H,3,10-13H2,1H3,(H,24,25). The van der Waals surface area contributed by atoms with Crippen LogP contribution in [0.15, 0.2) is 54.6 Å². The molecule has 0 saturated carbocycles. The highest BCUT2D eigenvalue weighted by molar-refractivity contribution is 6.30. The molecule has 0 aliphatic carbocycles. The molecule has 4 rings (SSSR count). The molecule has 2 aromatic carbocycles. The summed E-state index contributed by atoms with van der Waals surface area (Å²) in [5.41, 5.74) is 3.24. The second kappa shape index (κ2) is 8.57. The van der Waals surface area contributed by atoms with Crippen molar-refractivity contribution in [3.05, 3.63) is 65.3 Å². The number of rotatable bonds is 4. The number of carbonyl (C=O) groups excluding carboxylic acids is 1. The van der Waals surface area contributed by atoms with E-state index in [1.807, 2.05) is 41.3 Å². The summed E-state index contributed by atoms with van der Waals surface area (Å²) in [4.78, 5) is 17.2. The Morgan fingerprint density at radius 3 is 2.66 bits per heavy atom. The number of hydrogen-bond donors (Lipinski definition) is 1. The van der Waals surface area contributed by atoms with Gasteiger partial charge in [-0.15, -0.1) is 0 Å². The number of aromatic nitrogens is 2. The average molecular weight is 411 g/mol. The summed E-state index contributed by atoms with van der Waals surface area (Å²) < 4.78 is 5.23. The zero-order chi connectivity index (χ0) is 20.2. The van der Waals surface area contributed by atoms with Gasteiger partial charge in [-0.25, -0.2) is 0 Å². The predicted octanol–water partition coefficient (Wildman–Crippen LogP) is 4.09. The van der Waals surface area contributed by atoms with Crippen LogP contribution < -0.4 is 9.64 Å². The van der Waals surface area contributed by atoms with Crippen LogP contribution in [0, 0.1) is 0 Å². The van der Waals surface area contributed by atoms with Crippen molar-refractivity contribution in [1.29, 1.82) is 0 Å². The Labute approximate surface area is 175 Å². The Balaban J connectivity index is 1.43. The van der Waals surface area contributed by atoms with Crippen molar-refractivity contribution in [3.8, 4) is 17.0 Å². The van der Waals surface area contributed by atoms with E-state index in [4.69, 9.17) is 16.3 Å². The van der Waals surface area contributed by atoms with Gasteiger partial charge in [0.05, 0.1) is 12.8 Å². The number of methoxy groups -OCH3 is 1. The monoisotopic (exact) mass is 410 g/mol. The molecule has 6 nitrogen and oxygen atoms in total. The molecule has 1 N–H and O–H groups in total. The maximum absolute atomic E-state index is 13.0. The maximum atomic E-state index is 13.0. The van der Waals surface area contributed by atoms with Gasteiger partial charge >= 0.3 is 0 Å². The third-order valence-electron chi connectivity index (χ3n) is 5.15. The van der Waals surface area contributed by atoms with Crippen LogP contribution in [-0.2, 0) is 0 Å². The van der Waals surface area contributed by atoms with E-state index in [1.54, 1.807) is 13.2 Å². The van der Waals surface area contributed by atoms with Crippen molar-refractivity contribution in [3.63, 3.8) is 0 Å². The second-order valence-corrected chi connectivity index (χ2v) is 7.44. The molecule has 1 saturated heterocycles. The molecule has 0 unspecified atom stereocenters. The van der Waals surface area contributed by atoms with E-state index < -0.39 is 0 Å². The van der Waals surface area contributed by atoms with Crippen LogP contribution in [0.2, 0.25) is 5.02 Å². The third kappa shape index (κ3) is 4.38. The van der Waals surface area contributed by atoms with Crippen LogP contribution >= 0.6 is 11.6 Å². The first-order chi connectivity index (χ1) is 14.1. The number of aromatic amines is 1. The van der Waals surface area contributed by atoms with E-state index in [0.717, 1.165) is 43.1 Å². The number of halogens is 1. The topological polar surface area (TPSA) is 61.5 Å². The van der Waals surface area contributed by atoms with Gasteiger partial charge in [0.15, 0.2) is 0 Å². The normalized spacial score (nSPS) is 14.6. The Morgan fingerprint density at radius 2 is 1.90 bits per heavy atom. The quantitative estimate of drug-likeness (QED) is 0.703. The minimum atomic E-state index is -0.0256. The highest BCUT2D eigenvalue weighted by atomic mass is 35.5. The van der Waals surface area contributed by atoms with Crippen LogP contribution in [0.4, 0.5) is 5.69 Å². The Bertz CT molecular complexity index is 986. The first kappa shape index (κ1) is 19.3. The molecule has 29 heavy (non-hydrogen) atoms. The molecule has 3 aromatic rings. The van der Waals surface area contributed by atoms with Gasteiger partial charge in [0.1, 0.15) is 11.4 Å². The van der Waals surface area contributed by atoms with Gasteiger partial charge in [-0.2, -0.15) is 5.10 Å². The van der Waals surface area contributed by atoms with Crippen molar-refractivity contribution < 1.29 is 9.53 Å². The molecule has 0 atom stereocenters. The molecule has 0 bridgehead atoms. The Kier molecular flexibility index (Phi) is 5.71. The SMILES string of the molecule is COc1ccc(N2CCCN(C(=O)c3cc(-c4cccc(Cl)c4)n[nH]3)CC2)cc1. The van der Waals surface area contributed by atoms with Crippen LogP contribution in [0.3, 0.4) is 0 Å². The molecule has 1 aromatic heterocycles. The molecule has 0 radical (unpaired) electrons. The van der Waals surface area contributed by atoms with Crippen LogP contribution in [0.1, 0.15) is 16.9 Å². The van der Waals surface area contributed by atoms with Gasteiger partial charge in [-0.1, -0.05) is 23.7 Å². The first-order valence-electron chi connectivity index (χ1n) is 9.63. The molecule has 150 valence electrons. The lowest BCUT2D eigenvalue weighted by Gasteiger charge is -2.23. The highest BCUT2D eigenvalue weighted by Crippen LogP contribution is 2.23. The summed E-state index contributed by atoms with van der Waals surface area (Å²) in [6.07, 6.45) is 0.910. The number of nitrogens with zero attached hydrogens (tertiary/aromatic N) is 3. The van der Waals surface area contributed by atoms with E-state index in [1.165, 1.54) is 0 Å². The third-order valence-corrected chi connectivity index (χ3v) is 5.38. The van der Waals surface area contributed by atoms with Crippen LogP contribution in [-0.4, -0.2) is 54.3 Å². The lowest BCUT2D eigenvalue weighted by atomic mass is 10.1. The number of nitrogens with one attached hydrogen (secondary N) is 1. The molecule has 1 aliphatic heterocycles. The smallest absolute Gasteiger partial charge is 0.271 e. The Hall–Kier alpha value is -2.99. The van der Waals surface area contributed by atoms with E-state index in [9.17, 15) is 4.79 Å². The zero-order valence-corrected chi connectivity index (χ0v) is 17.0. The van der Waals surface area contributed by atoms with Crippen molar-refractivity contribution in [1.82, 2.24) is 15.1 Å². The second-order valence-electron chi connectivity index (χ2n) is 7.01. The number of ether oxygens (including phenoxy) is 1. The Morgan fingerprint density at radius 1 is 1.07 bits per heavy atom. The van der Waals surface area contributed by atoms with Crippen molar-refractivity contribution in [2.75, 3.05) is 38.2 Å². The van der Waals surface area contributed by atoms with Crippen LogP contribution in [0.25, 0.3) is 11.3 Å². The summed E-state index contributed by atoms with van der Waals surface area (Å²) >= 11 is 6.06. The summed E-state index contributed by atoms with van der Waals surface area (Å²) in [6, 6.07) is 17.3. The van der Waals surface area contributed by atoms with Crippen LogP contribution in [0.5, 0.6) is 5.75 Å². The summed E-state index contributed by atoms with van der Waals surface area (Å²) in [5, 5.41) is 7.82. The summed E-state index contributed by atoms with van der Waals surface area (Å²) in [6.45, 7) is 3.08. The first-order valence-corrected chi connectivity index (χ1v) is 10.0. The van der Waals surface area contributed by atoms with Gasteiger partial charge in [-0.05, 0) is 48.9 Å². The average Bonchev–Trinajstić information content (AvgIpc) is 3.12. The number of benzene rings is 2. The number of hydrogen-bond acceptors (Lipinski definition) is 4. The lowest BCUT2D eigenvalue weighted by molar-refractivity contribution is 0.0761. The largest absolute Gasteiger partial charge is 0.497 e. The van der Waals surface area contributed by atoms with E-state index in [-0.39, 0.29) is 5.91 Å². The number of anilines is 1. The fourth-order valence-electron chi connectivity index (χ4n) is 3.57. The molecule has 1 fully saturated rings. The molecular formula is C22H23ClN4O2. The molecular weight excluding hydrogens is 388 g/mol. The van der Waals surface area contributed by atoms with E-state index in [2.05, 4.69) is 27.2 Å². The number of amides is 1. The van der Waals surface area contributed by atoms with E-state index >= 15 is 0 Å². The van der Waals surface area contributed by atoms with Gasteiger partial charge in [0.2, 0.25) is 0 Å². The molecule has 1 aliphatic rings. The maximum Gasteiger partial charge on any atom is 0.271 e. The van der Waals surface area contributed by atoms with Crippen molar-refractivity contribution >= 4 is 23.2 Å². The van der Waals surface area contributed by atoms with Crippen molar-refractivity contribution in [2.24, 2.45) is 0 Å². The molecule has 7 heteroatoms. The number of carbonyl (C=O) groups is 1. The fraction of sp³-hybridized carbons (Fsp3) is 0.273. The number of H-pyrrole nitrogens is 1. The van der Waals surface area contributed by atoms with Gasteiger partial charge in [-0.3, -0.25) is 9.89 Å². The summed E-state index contributed by atoms with van der Waals surface area (Å²) in [5.74, 6) is 0.817. The molecule has 0 spiro atoms.